The number of para-hydroxylation sites is 1. The lowest BCUT2D eigenvalue weighted by atomic mass is 10.0. The van der Waals surface area contributed by atoms with Gasteiger partial charge in [-0.15, -0.1) is 0 Å². The largest absolute Gasteiger partial charge is 0.496 e. The van der Waals surface area contributed by atoms with E-state index in [0.717, 1.165) is 33.6 Å². The van der Waals surface area contributed by atoms with Gasteiger partial charge in [0, 0.05) is 30.9 Å². The predicted molar refractivity (Wildman–Crippen MR) is 107 cm³/mol. The highest BCUT2D eigenvalue weighted by atomic mass is 16.5. The molecule has 0 radical (unpaired) electrons. The number of benzene rings is 3. The standard InChI is InChI=1S/C22H20N2O3/c1-24-19-11-10-17(13-21(19)27-22(24)25)23-14-15-6-5-7-16(12-15)18-8-3-4-9-20(18)26-2/h3-13,23H,14H2,1-2H3. The molecule has 5 heteroatoms. The SMILES string of the molecule is COc1ccccc1-c1cccc(CNc2ccc3c(c2)oc(=O)n3C)c1. The van der Waals surface area contributed by atoms with E-state index in [-0.39, 0.29) is 5.76 Å². The summed E-state index contributed by atoms with van der Waals surface area (Å²) < 4.78 is 12.2. The number of ether oxygens (including phenoxy) is 1. The Morgan fingerprint density at radius 3 is 2.74 bits per heavy atom. The number of rotatable bonds is 5. The molecule has 0 unspecified atom stereocenters. The molecule has 0 aliphatic carbocycles. The van der Waals surface area contributed by atoms with Crippen LogP contribution < -0.4 is 15.8 Å². The highest BCUT2D eigenvalue weighted by molar-refractivity contribution is 5.77. The molecular weight excluding hydrogens is 340 g/mol. The molecule has 4 aromatic rings. The van der Waals surface area contributed by atoms with Crippen molar-refractivity contribution in [1.29, 1.82) is 0 Å². The van der Waals surface area contributed by atoms with Crippen molar-refractivity contribution in [2.24, 2.45) is 7.05 Å². The number of fused-ring (bicyclic) bond motifs is 1. The molecule has 0 spiro atoms. The number of methoxy groups -OCH3 is 1. The molecule has 0 amide bonds. The van der Waals surface area contributed by atoms with Gasteiger partial charge < -0.3 is 14.5 Å². The molecule has 4 rings (SSSR count). The van der Waals surface area contributed by atoms with Crippen LogP contribution in [0.15, 0.2) is 75.9 Å². The summed E-state index contributed by atoms with van der Waals surface area (Å²) in [5, 5.41) is 3.39. The average molecular weight is 360 g/mol. The van der Waals surface area contributed by atoms with Crippen LogP contribution in [0.3, 0.4) is 0 Å². The van der Waals surface area contributed by atoms with Crippen LogP contribution in [-0.4, -0.2) is 11.7 Å². The van der Waals surface area contributed by atoms with Crippen molar-refractivity contribution < 1.29 is 9.15 Å². The number of anilines is 1. The van der Waals surface area contributed by atoms with Crippen LogP contribution in [0.4, 0.5) is 5.69 Å². The van der Waals surface area contributed by atoms with E-state index >= 15 is 0 Å². The van der Waals surface area contributed by atoms with Gasteiger partial charge in [-0.3, -0.25) is 4.57 Å². The molecule has 27 heavy (non-hydrogen) atoms. The van der Waals surface area contributed by atoms with E-state index in [0.29, 0.717) is 12.1 Å². The van der Waals surface area contributed by atoms with Gasteiger partial charge in [-0.1, -0.05) is 36.4 Å². The Morgan fingerprint density at radius 1 is 1.04 bits per heavy atom. The maximum atomic E-state index is 11.6. The Morgan fingerprint density at radius 2 is 1.89 bits per heavy atom. The first kappa shape index (κ1) is 17.0. The normalized spacial score (nSPS) is 10.9. The van der Waals surface area contributed by atoms with Crippen molar-refractivity contribution in [3.8, 4) is 16.9 Å². The van der Waals surface area contributed by atoms with Gasteiger partial charge in [0.05, 0.1) is 12.6 Å². The quantitative estimate of drug-likeness (QED) is 0.572. The minimum absolute atomic E-state index is 0.355. The smallest absolute Gasteiger partial charge is 0.419 e. The van der Waals surface area contributed by atoms with Crippen LogP contribution >= 0.6 is 0 Å². The second-order valence-corrected chi connectivity index (χ2v) is 6.36. The fourth-order valence-electron chi connectivity index (χ4n) is 3.18. The highest BCUT2D eigenvalue weighted by Gasteiger charge is 2.07. The molecule has 0 fully saturated rings. The van der Waals surface area contributed by atoms with E-state index in [2.05, 4.69) is 29.6 Å². The van der Waals surface area contributed by atoms with E-state index < -0.39 is 0 Å². The van der Waals surface area contributed by atoms with E-state index in [1.165, 1.54) is 4.57 Å². The second-order valence-electron chi connectivity index (χ2n) is 6.36. The zero-order valence-electron chi connectivity index (χ0n) is 15.2. The number of hydrogen-bond donors (Lipinski definition) is 1. The molecule has 3 aromatic carbocycles. The van der Waals surface area contributed by atoms with Gasteiger partial charge in [0.2, 0.25) is 0 Å². The summed E-state index contributed by atoms with van der Waals surface area (Å²) >= 11 is 0. The zero-order valence-corrected chi connectivity index (χ0v) is 15.2. The van der Waals surface area contributed by atoms with Gasteiger partial charge in [0.1, 0.15) is 5.75 Å². The van der Waals surface area contributed by atoms with Crippen molar-refractivity contribution in [3.63, 3.8) is 0 Å². The van der Waals surface area contributed by atoms with Crippen LogP contribution in [-0.2, 0) is 13.6 Å². The van der Waals surface area contributed by atoms with Crippen molar-refractivity contribution >= 4 is 16.8 Å². The molecule has 136 valence electrons. The molecule has 1 aromatic heterocycles. The van der Waals surface area contributed by atoms with Gasteiger partial charge in [0.15, 0.2) is 5.58 Å². The minimum Gasteiger partial charge on any atom is -0.496 e. The first-order valence-corrected chi connectivity index (χ1v) is 8.71. The third kappa shape index (κ3) is 3.31. The lowest BCUT2D eigenvalue weighted by molar-refractivity contribution is 0.416. The van der Waals surface area contributed by atoms with Crippen LogP contribution in [0.5, 0.6) is 5.75 Å². The Bertz CT molecular complexity index is 1160. The highest BCUT2D eigenvalue weighted by Crippen LogP contribution is 2.30. The molecule has 5 nitrogen and oxygen atoms in total. The van der Waals surface area contributed by atoms with Crippen molar-refractivity contribution in [1.82, 2.24) is 4.57 Å². The molecule has 0 saturated heterocycles. The van der Waals surface area contributed by atoms with Crippen LogP contribution in [0.2, 0.25) is 0 Å². The molecular formula is C22H20N2O3. The van der Waals surface area contributed by atoms with E-state index in [9.17, 15) is 4.79 Å². The van der Waals surface area contributed by atoms with E-state index in [1.807, 2.05) is 42.5 Å². The lowest BCUT2D eigenvalue weighted by Gasteiger charge is -2.11. The first-order chi connectivity index (χ1) is 13.2. The van der Waals surface area contributed by atoms with E-state index in [1.54, 1.807) is 14.2 Å². The maximum Gasteiger partial charge on any atom is 0.419 e. The number of nitrogens with one attached hydrogen (secondary N) is 1. The third-order valence-electron chi connectivity index (χ3n) is 4.63. The average Bonchev–Trinajstić information content (AvgIpc) is 3.00. The van der Waals surface area contributed by atoms with Gasteiger partial charge >= 0.3 is 5.76 Å². The maximum absolute atomic E-state index is 11.6. The first-order valence-electron chi connectivity index (χ1n) is 8.71. The Hall–Kier alpha value is -3.47. The minimum atomic E-state index is -0.355. The summed E-state index contributed by atoms with van der Waals surface area (Å²) in [6, 6.07) is 22.0. The van der Waals surface area contributed by atoms with Crippen molar-refractivity contribution in [3.05, 3.63) is 82.8 Å². The lowest BCUT2D eigenvalue weighted by Crippen LogP contribution is -2.08. The molecule has 1 heterocycles. The molecule has 0 bridgehead atoms. The molecule has 0 atom stereocenters. The summed E-state index contributed by atoms with van der Waals surface area (Å²) in [5.41, 5.74) is 5.58. The Kier molecular flexibility index (Phi) is 4.42. The topological polar surface area (TPSA) is 56.4 Å². The van der Waals surface area contributed by atoms with Gasteiger partial charge in [-0.2, -0.15) is 0 Å². The van der Waals surface area contributed by atoms with E-state index in [4.69, 9.17) is 9.15 Å². The number of aromatic nitrogens is 1. The Labute approximate surface area is 156 Å². The third-order valence-corrected chi connectivity index (χ3v) is 4.63. The van der Waals surface area contributed by atoms with Crippen molar-refractivity contribution in [2.75, 3.05) is 12.4 Å². The number of aryl methyl sites for hydroxylation is 1. The summed E-state index contributed by atoms with van der Waals surface area (Å²) in [7, 11) is 3.38. The van der Waals surface area contributed by atoms with Crippen LogP contribution in [0.25, 0.3) is 22.2 Å². The van der Waals surface area contributed by atoms with Crippen LogP contribution in [0.1, 0.15) is 5.56 Å². The number of oxazole rings is 1. The summed E-state index contributed by atoms with van der Waals surface area (Å²) in [4.78, 5) is 11.6. The fourth-order valence-corrected chi connectivity index (χ4v) is 3.18. The van der Waals surface area contributed by atoms with Crippen LogP contribution in [0, 0.1) is 0 Å². The summed E-state index contributed by atoms with van der Waals surface area (Å²) in [6.45, 7) is 0.658. The molecule has 0 aliphatic rings. The van der Waals surface area contributed by atoms with Crippen molar-refractivity contribution in [2.45, 2.75) is 6.54 Å². The predicted octanol–water partition coefficient (Wildman–Crippen LogP) is 4.42. The fraction of sp³-hybridized carbons (Fsp3) is 0.136. The zero-order chi connectivity index (χ0) is 18.8. The molecule has 0 saturated carbocycles. The van der Waals surface area contributed by atoms with Gasteiger partial charge in [0.25, 0.3) is 0 Å². The second kappa shape index (κ2) is 7.03. The van der Waals surface area contributed by atoms with Gasteiger partial charge in [-0.05, 0) is 35.4 Å². The summed E-state index contributed by atoms with van der Waals surface area (Å²) in [5.74, 6) is 0.499. The number of hydrogen-bond acceptors (Lipinski definition) is 4. The molecule has 0 aliphatic heterocycles. The Balaban J connectivity index is 1.56. The summed E-state index contributed by atoms with van der Waals surface area (Å²) in [6.07, 6.45) is 0. The van der Waals surface area contributed by atoms with Gasteiger partial charge in [-0.25, -0.2) is 4.79 Å². The number of nitrogens with zero attached hydrogens (tertiary/aromatic N) is 1. The molecule has 1 N–H and O–H groups in total. The monoisotopic (exact) mass is 360 g/mol.